The monoisotopic (exact) mass is 369 g/mol. The van der Waals surface area contributed by atoms with Gasteiger partial charge in [0.2, 0.25) is 0 Å². The van der Waals surface area contributed by atoms with E-state index in [4.69, 9.17) is 14.5 Å². The molecule has 0 amide bonds. The van der Waals surface area contributed by atoms with Crippen molar-refractivity contribution in [3.63, 3.8) is 0 Å². The highest BCUT2D eigenvalue weighted by atomic mass is 31.2. The number of phosphoric acid groups is 1. The van der Waals surface area contributed by atoms with E-state index in [1.54, 1.807) is 13.8 Å². The summed E-state index contributed by atoms with van der Waals surface area (Å²) in [4.78, 5) is 29.5. The zero-order chi connectivity index (χ0) is 19.6. The highest BCUT2D eigenvalue weighted by Crippen LogP contribution is 2.42. The Kier molecular flexibility index (Phi) is 11.8. The summed E-state index contributed by atoms with van der Waals surface area (Å²) < 4.78 is 20.9. The van der Waals surface area contributed by atoms with Crippen molar-refractivity contribution in [3.05, 3.63) is 12.2 Å². The minimum atomic E-state index is -3.79. The summed E-state index contributed by atoms with van der Waals surface area (Å²) in [5, 5.41) is 18.6. The number of phosphoric ester groups is 1. The number of quaternary nitrogens is 1. The molecule has 0 aromatic carbocycles. The SMILES string of the molecule is C=C(C(=O)O)C(CC)C(=O)[O-].CCOP(=O)(O)OCC[N+](C)(C)C. The highest BCUT2D eigenvalue weighted by molar-refractivity contribution is 7.47. The van der Waals surface area contributed by atoms with Gasteiger partial charge in [-0.05, 0) is 13.3 Å². The lowest BCUT2D eigenvalue weighted by Crippen LogP contribution is -2.37. The third-order valence-electron chi connectivity index (χ3n) is 2.70. The average molecular weight is 369 g/mol. The molecule has 0 rings (SSSR count). The van der Waals surface area contributed by atoms with Gasteiger partial charge in [-0.25, -0.2) is 9.36 Å². The standard InChI is InChI=1S/C7H18NO4P.C7H10O4/c1-5-11-13(9,10)12-7-6-8(2,3)4;1-3-5(7(10)11)4(2)6(8)9/h5-7H2,1-4H3;5H,2-3H2,1H3,(H,8,9)(H,10,11). The van der Waals surface area contributed by atoms with Crippen molar-refractivity contribution in [2.75, 3.05) is 40.9 Å². The number of nitrogens with zero attached hydrogens (tertiary/aromatic N) is 1. The molecule has 2 N–H and O–H groups in total. The lowest BCUT2D eigenvalue weighted by atomic mass is 9.98. The third kappa shape index (κ3) is 13.2. The smallest absolute Gasteiger partial charge is 0.472 e. The van der Waals surface area contributed by atoms with Gasteiger partial charge >= 0.3 is 13.8 Å². The van der Waals surface area contributed by atoms with E-state index >= 15 is 0 Å². The summed E-state index contributed by atoms with van der Waals surface area (Å²) in [7, 11) is 2.15. The first-order valence-corrected chi connectivity index (χ1v) is 8.82. The zero-order valence-corrected chi connectivity index (χ0v) is 15.7. The largest absolute Gasteiger partial charge is 0.549 e. The molecule has 0 saturated heterocycles. The molecule has 24 heavy (non-hydrogen) atoms. The zero-order valence-electron chi connectivity index (χ0n) is 14.9. The molecular weight excluding hydrogens is 341 g/mol. The highest BCUT2D eigenvalue weighted by Gasteiger charge is 2.21. The summed E-state index contributed by atoms with van der Waals surface area (Å²) in [6, 6.07) is 0. The van der Waals surface area contributed by atoms with E-state index in [2.05, 4.69) is 11.1 Å². The number of hydrogen-bond donors (Lipinski definition) is 2. The van der Waals surface area contributed by atoms with Crippen LogP contribution in [0, 0.1) is 5.92 Å². The Bertz CT molecular complexity index is 472. The fourth-order valence-corrected chi connectivity index (χ4v) is 2.05. The van der Waals surface area contributed by atoms with Gasteiger partial charge in [0.15, 0.2) is 0 Å². The van der Waals surface area contributed by atoms with Crippen LogP contribution in [-0.4, -0.2) is 67.3 Å². The molecule has 10 heteroatoms. The van der Waals surface area contributed by atoms with E-state index in [9.17, 15) is 19.3 Å². The van der Waals surface area contributed by atoms with Gasteiger partial charge in [-0.3, -0.25) is 9.05 Å². The second kappa shape index (κ2) is 11.3. The van der Waals surface area contributed by atoms with Crippen molar-refractivity contribution in [1.29, 1.82) is 0 Å². The van der Waals surface area contributed by atoms with E-state index in [1.807, 2.05) is 21.1 Å². The molecule has 0 spiro atoms. The van der Waals surface area contributed by atoms with Crippen LogP contribution in [0.2, 0.25) is 0 Å². The Morgan fingerprint density at radius 2 is 1.75 bits per heavy atom. The van der Waals surface area contributed by atoms with Gasteiger partial charge in [-0.1, -0.05) is 13.5 Å². The third-order valence-corrected chi connectivity index (χ3v) is 3.79. The quantitative estimate of drug-likeness (QED) is 0.318. The van der Waals surface area contributed by atoms with Gasteiger partial charge in [0, 0.05) is 17.5 Å². The maximum Gasteiger partial charge on any atom is 0.472 e. The van der Waals surface area contributed by atoms with Crippen LogP contribution in [0.1, 0.15) is 20.3 Å². The second-order valence-corrected chi connectivity index (χ2v) is 7.30. The number of carbonyl (C=O) groups is 2. The van der Waals surface area contributed by atoms with Gasteiger partial charge < -0.3 is 24.4 Å². The van der Waals surface area contributed by atoms with Crippen LogP contribution in [0.3, 0.4) is 0 Å². The molecule has 2 unspecified atom stereocenters. The number of aliphatic carboxylic acids is 2. The van der Waals surface area contributed by atoms with E-state index in [-0.39, 0.29) is 25.2 Å². The van der Waals surface area contributed by atoms with Crippen molar-refractivity contribution >= 4 is 19.8 Å². The van der Waals surface area contributed by atoms with Crippen molar-refractivity contribution in [2.45, 2.75) is 20.3 Å². The van der Waals surface area contributed by atoms with E-state index in [0.29, 0.717) is 11.0 Å². The van der Waals surface area contributed by atoms with Gasteiger partial charge in [0.25, 0.3) is 0 Å². The minimum absolute atomic E-state index is 0.179. The topological polar surface area (TPSA) is 133 Å². The summed E-state index contributed by atoms with van der Waals surface area (Å²) in [6.07, 6.45) is 0.188. The molecule has 142 valence electrons. The second-order valence-electron chi connectivity index (χ2n) is 5.84. The molecule has 0 aliphatic rings. The molecule has 0 bridgehead atoms. The van der Waals surface area contributed by atoms with Crippen LogP contribution in [0.4, 0.5) is 0 Å². The Labute approximate surface area is 142 Å². The molecule has 0 aromatic heterocycles. The fraction of sp³-hybridized carbons (Fsp3) is 0.714. The molecular formula is C14H28NO8P. The summed E-state index contributed by atoms with van der Waals surface area (Å²) >= 11 is 0. The van der Waals surface area contributed by atoms with E-state index < -0.39 is 25.7 Å². The molecule has 2 atom stereocenters. The van der Waals surface area contributed by atoms with Gasteiger partial charge in [0.1, 0.15) is 13.2 Å². The average Bonchev–Trinajstić information content (AvgIpc) is 2.37. The lowest BCUT2D eigenvalue weighted by molar-refractivity contribution is -0.870. The molecule has 0 heterocycles. The number of carboxylic acids is 2. The van der Waals surface area contributed by atoms with Crippen LogP contribution in [-0.2, 0) is 23.2 Å². The van der Waals surface area contributed by atoms with Gasteiger partial charge in [-0.2, -0.15) is 0 Å². The molecule has 0 fully saturated rings. The number of carboxylic acid groups (broad SMARTS) is 2. The predicted molar refractivity (Wildman–Crippen MR) is 85.9 cm³/mol. The summed E-state index contributed by atoms with van der Waals surface area (Å²) in [5.74, 6) is -3.76. The molecule has 0 aliphatic heterocycles. The van der Waals surface area contributed by atoms with Crippen molar-refractivity contribution < 1.29 is 42.8 Å². The Balaban J connectivity index is 0. The number of hydrogen-bond acceptors (Lipinski definition) is 6. The van der Waals surface area contributed by atoms with Gasteiger partial charge in [0.05, 0.1) is 27.7 Å². The molecule has 0 aromatic rings. The van der Waals surface area contributed by atoms with Crippen LogP contribution < -0.4 is 5.11 Å². The Hall–Kier alpha value is -1.25. The number of carbonyl (C=O) groups excluding carboxylic acids is 1. The first kappa shape index (κ1) is 25.0. The van der Waals surface area contributed by atoms with Crippen molar-refractivity contribution in [3.8, 4) is 0 Å². The summed E-state index contributed by atoms with van der Waals surface area (Å²) in [5.41, 5.74) is -0.326. The van der Waals surface area contributed by atoms with Gasteiger partial charge in [-0.15, -0.1) is 0 Å². The van der Waals surface area contributed by atoms with E-state index in [0.717, 1.165) is 0 Å². The first-order chi connectivity index (χ1) is 10.8. The first-order valence-electron chi connectivity index (χ1n) is 7.32. The summed E-state index contributed by atoms with van der Waals surface area (Å²) in [6.45, 7) is 7.40. The molecule has 0 aliphatic carbocycles. The number of rotatable bonds is 10. The minimum Gasteiger partial charge on any atom is -0.549 e. The lowest BCUT2D eigenvalue weighted by Gasteiger charge is -2.23. The van der Waals surface area contributed by atoms with Crippen molar-refractivity contribution in [1.82, 2.24) is 0 Å². The number of likely N-dealkylation sites (N-methyl/N-ethyl adjacent to an activating group) is 1. The van der Waals surface area contributed by atoms with Crippen LogP contribution in [0.25, 0.3) is 0 Å². The van der Waals surface area contributed by atoms with Crippen LogP contribution in [0.5, 0.6) is 0 Å². The Morgan fingerprint density at radius 3 is 2.00 bits per heavy atom. The molecule has 9 nitrogen and oxygen atoms in total. The maximum absolute atomic E-state index is 11.0. The fourth-order valence-electron chi connectivity index (χ4n) is 1.33. The van der Waals surface area contributed by atoms with Crippen LogP contribution in [0.15, 0.2) is 12.2 Å². The van der Waals surface area contributed by atoms with Crippen LogP contribution >= 0.6 is 7.82 Å². The normalized spacial score (nSPS) is 14.8. The molecule has 0 saturated carbocycles. The van der Waals surface area contributed by atoms with Crippen molar-refractivity contribution in [2.24, 2.45) is 5.92 Å². The predicted octanol–water partition coefficient (Wildman–Crippen LogP) is 0.249. The molecule has 0 radical (unpaired) electrons. The van der Waals surface area contributed by atoms with E-state index in [1.165, 1.54) is 0 Å². The Morgan fingerprint density at radius 1 is 1.25 bits per heavy atom. The maximum atomic E-state index is 11.0.